The van der Waals surface area contributed by atoms with E-state index in [2.05, 4.69) is 0 Å². The summed E-state index contributed by atoms with van der Waals surface area (Å²) in [5.41, 5.74) is 0. The number of carbonyl (C=O) groups excluding carboxylic acids is 1. The Balaban J connectivity index is 2.07. The van der Waals surface area contributed by atoms with Gasteiger partial charge in [0.15, 0.2) is 0 Å². The van der Waals surface area contributed by atoms with Gasteiger partial charge in [-0.25, -0.2) is 0 Å². The molecule has 1 amide bonds. The first-order chi connectivity index (χ1) is 7.72. The molecule has 2 rings (SSSR count). The van der Waals surface area contributed by atoms with Crippen molar-refractivity contribution < 1.29 is 9.53 Å². The summed E-state index contributed by atoms with van der Waals surface area (Å²) in [6.45, 7) is 1.67. The molecule has 2 heterocycles. The molecule has 1 atom stereocenters. The molecule has 0 bridgehead atoms. The zero-order chi connectivity index (χ0) is 11.5. The fourth-order valence-electron chi connectivity index (χ4n) is 1.59. The van der Waals surface area contributed by atoms with Crippen LogP contribution in [-0.4, -0.2) is 42.5 Å². The SMILES string of the molecule is O=C(c1sccc1Cl)N1CCOC(CCl)C1. The number of halogens is 2. The average molecular weight is 280 g/mol. The number of ether oxygens (including phenoxy) is 1. The molecule has 3 nitrogen and oxygen atoms in total. The van der Waals surface area contributed by atoms with Crippen LogP contribution in [0.25, 0.3) is 0 Å². The monoisotopic (exact) mass is 279 g/mol. The zero-order valence-corrected chi connectivity index (χ0v) is 10.8. The van der Waals surface area contributed by atoms with E-state index < -0.39 is 0 Å². The molecule has 0 aliphatic carbocycles. The maximum atomic E-state index is 12.1. The van der Waals surface area contributed by atoms with Gasteiger partial charge in [-0.1, -0.05) is 11.6 Å². The highest BCUT2D eigenvalue weighted by molar-refractivity contribution is 7.12. The first-order valence-corrected chi connectivity index (χ1v) is 6.71. The van der Waals surface area contributed by atoms with Gasteiger partial charge in [-0.15, -0.1) is 22.9 Å². The topological polar surface area (TPSA) is 29.5 Å². The minimum absolute atomic E-state index is 0.0292. The van der Waals surface area contributed by atoms with E-state index in [-0.39, 0.29) is 12.0 Å². The van der Waals surface area contributed by atoms with Crippen molar-refractivity contribution >= 4 is 40.4 Å². The van der Waals surface area contributed by atoms with E-state index in [9.17, 15) is 4.79 Å². The van der Waals surface area contributed by atoms with Crippen LogP contribution in [0.1, 0.15) is 9.67 Å². The number of rotatable bonds is 2. The summed E-state index contributed by atoms with van der Waals surface area (Å²) in [5.74, 6) is 0.375. The molecule has 1 fully saturated rings. The zero-order valence-electron chi connectivity index (χ0n) is 8.49. The smallest absolute Gasteiger partial charge is 0.265 e. The number of morpholine rings is 1. The molecule has 0 N–H and O–H groups in total. The van der Waals surface area contributed by atoms with Crippen molar-refractivity contribution in [1.29, 1.82) is 0 Å². The highest BCUT2D eigenvalue weighted by Gasteiger charge is 2.26. The van der Waals surface area contributed by atoms with Gasteiger partial charge >= 0.3 is 0 Å². The van der Waals surface area contributed by atoms with E-state index >= 15 is 0 Å². The fraction of sp³-hybridized carbons (Fsp3) is 0.500. The lowest BCUT2D eigenvalue weighted by molar-refractivity contribution is -0.0106. The van der Waals surface area contributed by atoms with E-state index in [4.69, 9.17) is 27.9 Å². The quantitative estimate of drug-likeness (QED) is 0.779. The molecule has 88 valence electrons. The van der Waals surface area contributed by atoms with Gasteiger partial charge in [-0.2, -0.15) is 0 Å². The lowest BCUT2D eigenvalue weighted by Crippen LogP contribution is -2.46. The number of alkyl halides is 1. The molecular weight excluding hydrogens is 269 g/mol. The van der Waals surface area contributed by atoms with E-state index in [1.807, 2.05) is 5.38 Å². The normalized spacial score (nSPS) is 21.1. The third-order valence-electron chi connectivity index (χ3n) is 2.41. The van der Waals surface area contributed by atoms with Crippen molar-refractivity contribution in [3.05, 3.63) is 21.3 Å². The van der Waals surface area contributed by atoms with E-state index in [1.165, 1.54) is 11.3 Å². The van der Waals surface area contributed by atoms with Crippen LogP contribution >= 0.6 is 34.5 Å². The molecule has 0 radical (unpaired) electrons. The number of thiophene rings is 1. The molecule has 0 spiro atoms. The Labute approximate surface area is 108 Å². The van der Waals surface area contributed by atoms with Gasteiger partial charge in [0.25, 0.3) is 5.91 Å². The third-order valence-corrected chi connectivity index (χ3v) is 4.08. The summed E-state index contributed by atoms with van der Waals surface area (Å²) in [7, 11) is 0. The first-order valence-electron chi connectivity index (χ1n) is 4.92. The van der Waals surface area contributed by atoms with Crippen molar-refractivity contribution in [1.82, 2.24) is 4.90 Å². The van der Waals surface area contributed by atoms with Gasteiger partial charge in [0.2, 0.25) is 0 Å². The lowest BCUT2D eigenvalue weighted by atomic mass is 10.3. The number of amides is 1. The van der Waals surface area contributed by atoms with Crippen molar-refractivity contribution in [3.8, 4) is 0 Å². The Morgan fingerprint density at radius 1 is 1.69 bits per heavy atom. The first kappa shape index (κ1) is 12.2. The summed E-state index contributed by atoms with van der Waals surface area (Å²) in [6.07, 6.45) is -0.0712. The van der Waals surface area contributed by atoms with Gasteiger partial charge in [-0.05, 0) is 11.4 Å². The lowest BCUT2D eigenvalue weighted by Gasteiger charge is -2.31. The van der Waals surface area contributed by atoms with Gasteiger partial charge in [-0.3, -0.25) is 4.79 Å². The van der Waals surface area contributed by atoms with Crippen LogP contribution in [0, 0.1) is 0 Å². The Morgan fingerprint density at radius 2 is 2.50 bits per heavy atom. The van der Waals surface area contributed by atoms with Crippen LogP contribution in [0.4, 0.5) is 0 Å². The molecule has 0 saturated carbocycles. The average Bonchev–Trinajstić information content (AvgIpc) is 2.74. The number of hydrogen-bond acceptors (Lipinski definition) is 3. The van der Waals surface area contributed by atoms with Gasteiger partial charge in [0.05, 0.1) is 23.6 Å². The van der Waals surface area contributed by atoms with Crippen LogP contribution < -0.4 is 0 Å². The molecular formula is C10H11Cl2NO2S. The maximum Gasteiger partial charge on any atom is 0.265 e. The molecule has 6 heteroatoms. The van der Waals surface area contributed by atoms with Crippen LogP contribution in [0.15, 0.2) is 11.4 Å². The second-order valence-corrected chi connectivity index (χ2v) is 5.13. The van der Waals surface area contributed by atoms with Crippen LogP contribution in [-0.2, 0) is 4.74 Å². The van der Waals surface area contributed by atoms with Gasteiger partial charge < -0.3 is 9.64 Å². The Morgan fingerprint density at radius 3 is 3.12 bits per heavy atom. The minimum Gasteiger partial charge on any atom is -0.373 e. The Bertz CT molecular complexity index is 383. The van der Waals surface area contributed by atoms with Crippen LogP contribution in [0.2, 0.25) is 5.02 Å². The molecule has 1 aliphatic rings. The Hall–Kier alpha value is -0.290. The molecule has 1 aliphatic heterocycles. The largest absolute Gasteiger partial charge is 0.373 e. The highest BCUT2D eigenvalue weighted by Crippen LogP contribution is 2.24. The standard InChI is InChI=1S/C10H11Cl2NO2S/c11-5-7-6-13(2-3-15-7)10(14)9-8(12)1-4-16-9/h1,4,7H,2-3,5-6H2. The van der Waals surface area contributed by atoms with E-state index in [0.717, 1.165) is 0 Å². The minimum atomic E-state index is -0.0712. The number of nitrogens with zero attached hydrogens (tertiary/aromatic N) is 1. The predicted octanol–water partition coefficient (Wildman–Crippen LogP) is 2.48. The van der Waals surface area contributed by atoms with Crippen LogP contribution in [0.3, 0.4) is 0 Å². The highest BCUT2D eigenvalue weighted by atomic mass is 35.5. The van der Waals surface area contributed by atoms with E-state index in [1.54, 1.807) is 11.0 Å². The molecule has 1 aromatic heterocycles. The number of hydrogen-bond donors (Lipinski definition) is 0. The molecule has 16 heavy (non-hydrogen) atoms. The van der Waals surface area contributed by atoms with Gasteiger partial charge in [0.1, 0.15) is 4.88 Å². The van der Waals surface area contributed by atoms with Gasteiger partial charge in [0, 0.05) is 13.1 Å². The summed E-state index contributed by atoms with van der Waals surface area (Å²) < 4.78 is 5.40. The maximum absolute atomic E-state index is 12.1. The fourth-order valence-corrected chi connectivity index (χ4v) is 2.88. The second-order valence-electron chi connectivity index (χ2n) is 3.50. The summed E-state index contributed by atoms with van der Waals surface area (Å²) in [5, 5.41) is 2.33. The third kappa shape index (κ3) is 2.51. The summed E-state index contributed by atoms with van der Waals surface area (Å²) >= 11 is 13.0. The predicted molar refractivity (Wildman–Crippen MR) is 65.7 cm³/mol. The molecule has 1 saturated heterocycles. The molecule has 1 aromatic rings. The van der Waals surface area contributed by atoms with Crippen molar-refractivity contribution in [2.24, 2.45) is 0 Å². The van der Waals surface area contributed by atoms with Crippen molar-refractivity contribution in [2.45, 2.75) is 6.10 Å². The summed E-state index contributed by atoms with van der Waals surface area (Å²) in [4.78, 5) is 14.4. The second kappa shape index (κ2) is 5.36. The Kier molecular flexibility index (Phi) is 4.08. The summed E-state index contributed by atoms with van der Waals surface area (Å²) in [6, 6.07) is 1.74. The van der Waals surface area contributed by atoms with E-state index in [0.29, 0.717) is 35.5 Å². The molecule has 0 aromatic carbocycles. The van der Waals surface area contributed by atoms with Crippen molar-refractivity contribution in [3.63, 3.8) is 0 Å². The molecule has 1 unspecified atom stereocenters. The number of carbonyl (C=O) groups is 1. The van der Waals surface area contributed by atoms with Crippen LogP contribution in [0.5, 0.6) is 0 Å². The van der Waals surface area contributed by atoms with Crippen molar-refractivity contribution in [2.75, 3.05) is 25.6 Å².